The fraction of sp³-hybridized carbons (Fsp3) is 0.462. The van der Waals surface area contributed by atoms with Gasteiger partial charge in [0.05, 0.1) is 34.2 Å². The van der Waals surface area contributed by atoms with E-state index in [9.17, 15) is 13.2 Å². The Morgan fingerprint density at radius 2 is 2.19 bits per heavy atom. The first-order valence-electron chi connectivity index (χ1n) is 6.29. The second-order valence-corrected chi connectivity index (χ2v) is 7.83. The van der Waals surface area contributed by atoms with Crippen LogP contribution in [0.4, 0.5) is 5.69 Å². The third kappa shape index (κ3) is 3.21. The zero-order valence-electron chi connectivity index (χ0n) is 11.7. The monoisotopic (exact) mass is 332 g/mol. The Labute approximate surface area is 128 Å². The molecule has 0 bridgehead atoms. The highest BCUT2D eigenvalue weighted by Crippen LogP contribution is 2.31. The predicted octanol–water partition coefficient (Wildman–Crippen LogP) is 1.05. The third-order valence-electron chi connectivity index (χ3n) is 3.65. The van der Waals surface area contributed by atoms with E-state index in [0.717, 1.165) is 6.26 Å². The van der Waals surface area contributed by atoms with Crippen molar-refractivity contribution in [3.8, 4) is 0 Å². The molecule has 1 aliphatic rings. The van der Waals surface area contributed by atoms with Crippen LogP contribution in [-0.2, 0) is 19.4 Å². The van der Waals surface area contributed by atoms with Gasteiger partial charge in [-0.05, 0) is 25.1 Å². The van der Waals surface area contributed by atoms with Crippen LogP contribution in [0.3, 0.4) is 0 Å². The highest BCUT2D eigenvalue weighted by atomic mass is 35.5. The molecule has 1 aromatic rings. The molecule has 2 rings (SSSR count). The number of hydrogen-bond acceptors (Lipinski definition) is 5. The molecule has 1 fully saturated rings. The second-order valence-electron chi connectivity index (χ2n) is 5.41. The second kappa shape index (κ2) is 5.57. The van der Waals surface area contributed by atoms with E-state index in [0.29, 0.717) is 6.61 Å². The Bertz CT molecular complexity index is 677. The summed E-state index contributed by atoms with van der Waals surface area (Å²) in [5.41, 5.74) is 5.26. The number of nitrogens with two attached hydrogens (primary N) is 1. The first-order chi connectivity index (χ1) is 9.64. The van der Waals surface area contributed by atoms with Crippen LogP contribution < -0.4 is 11.1 Å². The van der Waals surface area contributed by atoms with Gasteiger partial charge in [0.2, 0.25) is 5.91 Å². The van der Waals surface area contributed by atoms with Gasteiger partial charge in [0.1, 0.15) is 0 Å². The topological polar surface area (TPSA) is 98.5 Å². The number of halogens is 1. The molecule has 1 saturated heterocycles. The standard InChI is InChI=1S/C13H17ClN2O4S/c1-13(7-20-6-11(13)15)12(17)16-10-5-8(21(2,18)19)3-4-9(10)14/h3-5,11H,6-7,15H2,1-2H3,(H,16,17). The van der Waals surface area contributed by atoms with Gasteiger partial charge in [-0.1, -0.05) is 11.6 Å². The molecular weight excluding hydrogens is 316 g/mol. The number of amides is 1. The maximum absolute atomic E-state index is 12.4. The Morgan fingerprint density at radius 1 is 1.52 bits per heavy atom. The first kappa shape index (κ1) is 16.2. The number of benzene rings is 1. The van der Waals surface area contributed by atoms with Gasteiger partial charge in [0.15, 0.2) is 9.84 Å². The minimum atomic E-state index is -3.38. The fourth-order valence-electron chi connectivity index (χ4n) is 2.02. The van der Waals surface area contributed by atoms with Gasteiger partial charge in [-0.3, -0.25) is 4.79 Å². The number of hydrogen-bond donors (Lipinski definition) is 2. The molecule has 2 unspecified atom stereocenters. The van der Waals surface area contributed by atoms with Crippen LogP contribution in [0.1, 0.15) is 6.92 Å². The smallest absolute Gasteiger partial charge is 0.234 e. The molecular formula is C13H17ClN2O4S. The minimum Gasteiger partial charge on any atom is -0.379 e. The third-order valence-corrected chi connectivity index (χ3v) is 5.09. The summed E-state index contributed by atoms with van der Waals surface area (Å²) in [6.07, 6.45) is 1.09. The van der Waals surface area contributed by atoms with Crippen LogP contribution in [0.25, 0.3) is 0 Å². The molecule has 2 atom stereocenters. The maximum Gasteiger partial charge on any atom is 0.234 e. The summed E-state index contributed by atoms with van der Waals surface area (Å²) in [7, 11) is -3.38. The Kier molecular flexibility index (Phi) is 4.30. The summed E-state index contributed by atoms with van der Waals surface area (Å²) >= 11 is 6.01. The van der Waals surface area contributed by atoms with Crippen molar-refractivity contribution in [1.29, 1.82) is 0 Å². The zero-order valence-corrected chi connectivity index (χ0v) is 13.3. The van der Waals surface area contributed by atoms with Gasteiger partial charge in [-0.15, -0.1) is 0 Å². The average Bonchev–Trinajstić information content (AvgIpc) is 2.72. The molecule has 0 aromatic heterocycles. The van der Waals surface area contributed by atoms with Crippen molar-refractivity contribution < 1.29 is 17.9 Å². The molecule has 116 valence electrons. The summed E-state index contributed by atoms with van der Waals surface area (Å²) in [6, 6.07) is 3.73. The number of carbonyl (C=O) groups excluding carboxylic acids is 1. The van der Waals surface area contributed by atoms with Gasteiger partial charge >= 0.3 is 0 Å². The molecule has 0 saturated carbocycles. The van der Waals surface area contributed by atoms with Crippen LogP contribution in [-0.4, -0.2) is 39.8 Å². The highest BCUT2D eigenvalue weighted by Gasteiger charge is 2.44. The van der Waals surface area contributed by atoms with Crippen molar-refractivity contribution in [3.05, 3.63) is 23.2 Å². The molecule has 0 aliphatic carbocycles. The number of carbonyl (C=O) groups is 1. The van der Waals surface area contributed by atoms with Crippen molar-refractivity contribution in [3.63, 3.8) is 0 Å². The van der Waals surface area contributed by atoms with Crippen LogP contribution in [0.5, 0.6) is 0 Å². The van der Waals surface area contributed by atoms with E-state index < -0.39 is 21.3 Å². The average molecular weight is 333 g/mol. The molecule has 3 N–H and O–H groups in total. The Hall–Kier alpha value is -1.15. The van der Waals surface area contributed by atoms with Crippen molar-refractivity contribution >= 4 is 33.0 Å². The van der Waals surface area contributed by atoms with Crippen molar-refractivity contribution in [2.24, 2.45) is 11.1 Å². The minimum absolute atomic E-state index is 0.0827. The summed E-state index contributed by atoms with van der Waals surface area (Å²) in [5.74, 6) is -0.347. The van der Waals surface area contributed by atoms with Crippen LogP contribution in [0.2, 0.25) is 5.02 Å². The lowest BCUT2D eigenvalue weighted by atomic mass is 9.85. The quantitative estimate of drug-likeness (QED) is 0.862. The lowest BCUT2D eigenvalue weighted by Gasteiger charge is -2.25. The van der Waals surface area contributed by atoms with E-state index in [1.165, 1.54) is 18.2 Å². The lowest BCUT2D eigenvalue weighted by molar-refractivity contribution is -0.125. The number of ether oxygens (including phenoxy) is 1. The summed E-state index contributed by atoms with van der Waals surface area (Å²) in [5, 5.41) is 2.90. The highest BCUT2D eigenvalue weighted by molar-refractivity contribution is 7.90. The SMILES string of the molecule is CC1(C(=O)Nc2cc(S(C)(=O)=O)ccc2Cl)COCC1N. The molecule has 6 nitrogen and oxygen atoms in total. The van der Waals surface area contributed by atoms with Crippen LogP contribution in [0.15, 0.2) is 23.1 Å². The number of sulfone groups is 1. The van der Waals surface area contributed by atoms with E-state index in [1.54, 1.807) is 6.92 Å². The molecule has 1 aromatic carbocycles. The van der Waals surface area contributed by atoms with E-state index >= 15 is 0 Å². The Balaban J connectivity index is 2.29. The van der Waals surface area contributed by atoms with Gasteiger partial charge in [0, 0.05) is 12.3 Å². The number of anilines is 1. The molecule has 1 aliphatic heterocycles. The summed E-state index contributed by atoms with van der Waals surface area (Å²) in [6.45, 7) is 2.22. The van der Waals surface area contributed by atoms with E-state index in [2.05, 4.69) is 5.32 Å². The van der Waals surface area contributed by atoms with Gasteiger partial charge in [-0.25, -0.2) is 8.42 Å². The van der Waals surface area contributed by atoms with Crippen molar-refractivity contribution in [2.75, 3.05) is 24.8 Å². The van der Waals surface area contributed by atoms with Gasteiger partial charge < -0.3 is 15.8 Å². The summed E-state index contributed by atoms with van der Waals surface area (Å²) < 4.78 is 28.3. The largest absolute Gasteiger partial charge is 0.379 e. The first-order valence-corrected chi connectivity index (χ1v) is 8.56. The molecule has 21 heavy (non-hydrogen) atoms. The van der Waals surface area contributed by atoms with E-state index in [1.807, 2.05) is 0 Å². The van der Waals surface area contributed by atoms with E-state index in [-0.39, 0.29) is 28.1 Å². The fourth-order valence-corrected chi connectivity index (χ4v) is 2.83. The predicted molar refractivity (Wildman–Crippen MR) is 80.1 cm³/mol. The normalized spacial score (nSPS) is 25.8. The maximum atomic E-state index is 12.4. The van der Waals surface area contributed by atoms with Crippen LogP contribution >= 0.6 is 11.6 Å². The van der Waals surface area contributed by atoms with Crippen molar-refractivity contribution in [2.45, 2.75) is 17.9 Å². The molecule has 0 radical (unpaired) electrons. The molecule has 8 heteroatoms. The molecule has 1 heterocycles. The van der Waals surface area contributed by atoms with Gasteiger partial charge in [-0.2, -0.15) is 0 Å². The zero-order chi connectivity index (χ0) is 15.8. The summed E-state index contributed by atoms with van der Waals surface area (Å²) in [4.78, 5) is 12.5. The lowest BCUT2D eigenvalue weighted by Crippen LogP contribution is -2.47. The molecule has 1 amide bonds. The Morgan fingerprint density at radius 3 is 2.71 bits per heavy atom. The molecule has 0 spiro atoms. The van der Waals surface area contributed by atoms with E-state index in [4.69, 9.17) is 22.1 Å². The van der Waals surface area contributed by atoms with Crippen LogP contribution in [0, 0.1) is 5.41 Å². The van der Waals surface area contributed by atoms with Crippen molar-refractivity contribution in [1.82, 2.24) is 0 Å². The number of nitrogens with one attached hydrogen (secondary N) is 1. The van der Waals surface area contributed by atoms with Gasteiger partial charge in [0.25, 0.3) is 0 Å². The number of rotatable bonds is 3.